The molecule has 0 aromatic heterocycles. The Morgan fingerprint density at radius 3 is 2.85 bits per heavy atom. The zero-order valence-electron chi connectivity index (χ0n) is 11.9. The maximum absolute atomic E-state index is 12.9. The van der Waals surface area contributed by atoms with Gasteiger partial charge >= 0.3 is 0 Å². The van der Waals surface area contributed by atoms with Crippen molar-refractivity contribution in [3.05, 3.63) is 35.6 Å². The molecule has 1 fully saturated rings. The van der Waals surface area contributed by atoms with E-state index in [1.54, 1.807) is 12.1 Å². The Hall–Kier alpha value is -1.46. The standard InChI is InChI=1S/C15H22FN3O/c1-12(13-3-5-14(16)6-4-13)18-15(20)11-19-9-2-7-17-8-10-19/h3-6,12,17H,2,7-11H2,1H3,(H,18,20)/t12-/m0/s1. The first kappa shape index (κ1) is 14.9. The zero-order valence-corrected chi connectivity index (χ0v) is 11.9. The number of nitrogens with zero attached hydrogens (tertiary/aromatic N) is 1. The topological polar surface area (TPSA) is 44.4 Å². The maximum Gasteiger partial charge on any atom is 0.234 e. The molecule has 0 radical (unpaired) electrons. The van der Waals surface area contributed by atoms with E-state index in [0.717, 1.165) is 38.2 Å². The van der Waals surface area contributed by atoms with Crippen molar-refractivity contribution in [1.29, 1.82) is 0 Å². The molecular weight excluding hydrogens is 257 g/mol. The Morgan fingerprint density at radius 2 is 2.10 bits per heavy atom. The van der Waals surface area contributed by atoms with Crippen LogP contribution in [0.25, 0.3) is 0 Å². The van der Waals surface area contributed by atoms with Gasteiger partial charge in [0.1, 0.15) is 5.82 Å². The number of halogens is 1. The summed E-state index contributed by atoms with van der Waals surface area (Å²) in [6, 6.07) is 6.14. The van der Waals surface area contributed by atoms with Crippen molar-refractivity contribution in [3.8, 4) is 0 Å². The Balaban J connectivity index is 1.82. The Labute approximate surface area is 119 Å². The van der Waals surface area contributed by atoms with Gasteiger partial charge in [-0.3, -0.25) is 9.69 Å². The van der Waals surface area contributed by atoms with Crippen LogP contribution in [0.4, 0.5) is 4.39 Å². The summed E-state index contributed by atoms with van der Waals surface area (Å²) in [6.07, 6.45) is 1.07. The van der Waals surface area contributed by atoms with Crippen LogP contribution in [0.1, 0.15) is 24.9 Å². The molecule has 4 nitrogen and oxygen atoms in total. The number of rotatable bonds is 4. The number of hydrogen-bond donors (Lipinski definition) is 2. The normalized spacial score (nSPS) is 18.3. The van der Waals surface area contributed by atoms with E-state index in [4.69, 9.17) is 0 Å². The number of nitrogens with one attached hydrogen (secondary N) is 2. The molecule has 1 aromatic carbocycles. The fraction of sp³-hybridized carbons (Fsp3) is 0.533. The molecule has 1 heterocycles. The molecular formula is C15H22FN3O. The second kappa shape index (κ2) is 7.36. The molecule has 110 valence electrons. The summed E-state index contributed by atoms with van der Waals surface area (Å²) < 4.78 is 12.9. The van der Waals surface area contributed by atoms with Crippen LogP contribution in [0.3, 0.4) is 0 Å². The molecule has 0 unspecified atom stereocenters. The number of hydrogen-bond acceptors (Lipinski definition) is 3. The van der Waals surface area contributed by atoms with Crippen LogP contribution in [0.5, 0.6) is 0 Å². The highest BCUT2D eigenvalue weighted by atomic mass is 19.1. The highest BCUT2D eigenvalue weighted by Crippen LogP contribution is 2.12. The van der Waals surface area contributed by atoms with Crippen LogP contribution in [0.2, 0.25) is 0 Å². The molecule has 20 heavy (non-hydrogen) atoms. The van der Waals surface area contributed by atoms with Gasteiger partial charge in [0.2, 0.25) is 5.91 Å². The summed E-state index contributed by atoms with van der Waals surface area (Å²) in [5.74, 6) is -0.243. The van der Waals surface area contributed by atoms with Crippen molar-refractivity contribution in [2.24, 2.45) is 0 Å². The van der Waals surface area contributed by atoms with E-state index in [-0.39, 0.29) is 17.8 Å². The van der Waals surface area contributed by atoms with Gasteiger partial charge in [0.15, 0.2) is 0 Å². The van der Waals surface area contributed by atoms with Gasteiger partial charge in [-0.05, 0) is 44.1 Å². The fourth-order valence-electron chi connectivity index (χ4n) is 2.38. The largest absolute Gasteiger partial charge is 0.348 e. The van der Waals surface area contributed by atoms with Crippen molar-refractivity contribution < 1.29 is 9.18 Å². The van der Waals surface area contributed by atoms with Crippen molar-refractivity contribution in [2.75, 3.05) is 32.7 Å². The van der Waals surface area contributed by atoms with Crippen LogP contribution >= 0.6 is 0 Å². The summed E-state index contributed by atoms with van der Waals surface area (Å²) in [7, 11) is 0. The third-order valence-electron chi connectivity index (χ3n) is 3.55. The van der Waals surface area contributed by atoms with Gasteiger partial charge in [0.25, 0.3) is 0 Å². The van der Waals surface area contributed by atoms with Crippen molar-refractivity contribution >= 4 is 5.91 Å². The highest BCUT2D eigenvalue weighted by molar-refractivity contribution is 5.78. The molecule has 2 N–H and O–H groups in total. The molecule has 0 saturated carbocycles. The highest BCUT2D eigenvalue weighted by Gasteiger charge is 2.15. The third-order valence-corrected chi connectivity index (χ3v) is 3.55. The maximum atomic E-state index is 12.9. The summed E-state index contributed by atoms with van der Waals surface area (Å²) >= 11 is 0. The summed E-state index contributed by atoms with van der Waals surface area (Å²) in [5.41, 5.74) is 0.914. The molecule has 1 saturated heterocycles. The average molecular weight is 279 g/mol. The average Bonchev–Trinajstić information content (AvgIpc) is 2.68. The van der Waals surface area contributed by atoms with E-state index in [2.05, 4.69) is 15.5 Å². The zero-order chi connectivity index (χ0) is 14.4. The van der Waals surface area contributed by atoms with Gasteiger partial charge < -0.3 is 10.6 Å². The van der Waals surface area contributed by atoms with Crippen LogP contribution in [-0.2, 0) is 4.79 Å². The predicted octanol–water partition coefficient (Wildman–Crippen LogP) is 1.30. The Kier molecular flexibility index (Phi) is 5.49. The van der Waals surface area contributed by atoms with Crippen molar-refractivity contribution in [3.63, 3.8) is 0 Å². The van der Waals surface area contributed by atoms with Gasteiger partial charge in [0, 0.05) is 13.1 Å². The van der Waals surface area contributed by atoms with E-state index >= 15 is 0 Å². The molecule has 0 bridgehead atoms. The van der Waals surface area contributed by atoms with Crippen LogP contribution in [-0.4, -0.2) is 43.5 Å². The molecule has 0 aliphatic carbocycles. The second-order valence-corrected chi connectivity index (χ2v) is 5.22. The molecule has 5 heteroatoms. The number of carbonyl (C=O) groups excluding carboxylic acids is 1. The Morgan fingerprint density at radius 1 is 1.35 bits per heavy atom. The molecule has 2 rings (SSSR count). The second-order valence-electron chi connectivity index (χ2n) is 5.22. The summed E-state index contributed by atoms with van der Waals surface area (Å²) in [4.78, 5) is 14.2. The molecule has 1 aliphatic heterocycles. The lowest BCUT2D eigenvalue weighted by Gasteiger charge is -2.21. The van der Waals surface area contributed by atoms with E-state index in [1.165, 1.54) is 12.1 Å². The molecule has 1 aliphatic rings. The first-order valence-electron chi connectivity index (χ1n) is 7.13. The van der Waals surface area contributed by atoms with Crippen molar-refractivity contribution in [1.82, 2.24) is 15.5 Å². The molecule has 1 aromatic rings. The van der Waals surface area contributed by atoms with E-state index in [9.17, 15) is 9.18 Å². The van der Waals surface area contributed by atoms with Crippen molar-refractivity contribution in [2.45, 2.75) is 19.4 Å². The number of carbonyl (C=O) groups is 1. The van der Waals surface area contributed by atoms with Gasteiger partial charge in [-0.1, -0.05) is 12.1 Å². The third kappa shape index (κ3) is 4.58. The summed E-state index contributed by atoms with van der Waals surface area (Å²) in [5, 5.41) is 6.27. The molecule has 0 spiro atoms. The molecule has 1 amide bonds. The van der Waals surface area contributed by atoms with E-state index in [1.807, 2.05) is 6.92 Å². The minimum Gasteiger partial charge on any atom is -0.348 e. The minimum absolute atomic E-state index is 0.0173. The lowest BCUT2D eigenvalue weighted by molar-refractivity contribution is -0.122. The lowest BCUT2D eigenvalue weighted by Crippen LogP contribution is -2.39. The summed E-state index contributed by atoms with van der Waals surface area (Å²) in [6.45, 7) is 6.14. The number of benzene rings is 1. The fourth-order valence-corrected chi connectivity index (χ4v) is 2.38. The lowest BCUT2D eigenvalue weighted by atomic mass is 10.1. The first-order chi connectivity index (χ1) is 9.65. The Bertz CT molecular complexity index is 427. The van der Waals surface area contributed by atoms with Gasteiger partial charge in [-0.2, -0.15) is 0 Å². The predicted molar refractivity (Wildman–Crippen MR) is 76.9 cm³/mol. The van der Waals surface area contributed by atoms with Gasteiger partial charge in [-0.25, -0.2) is 4.39 Å². The monoisotopic (exact) mass is 279 g/mol. The van der Waals surface area contributed by atoms with Gasteiger partial charge in [0.05, 0.1) is 12.6 Å². The van der Waals surface area contributed by atoms with E-state index in [0.29, 0.717) is 6.54 Å². The smallest absolute Gasteiger partial charge is 0.234 e. The SMILES string of the molecule is C[C@H](NC(=O)CN1CCCNCC1)c1ccc(F)cc1. The number of amides is 1. The quantitative estimate of drug-likeness (QED) is 0.873. The molecule has 1 atom stereocenters. The van der Waals surface area contributed by atoms with Crippen LogP contribution < -0.4 is 10.6 Å². The first-order valence-corrected chi connectivity index (χ1v) is 7.13. The van der Waals surface area contributed by atoms with Gasteiger partial charge in [-0.15, -0.1) is 0 Å². The van der Waals surface area contributed by atoms with E-state index < -0.39 is 0 Å². The van der Waals surface area contributed by atoms with Crippen LogP contribution in [0, 0.1) is 5.82 Å². The minimum atomic E-state index is -0.260. The van der Waals surface area contributed by atoms with Crippen LogP contribution in [0.15, 0.2) is 24.3 Å².